The number of carbonyl (C=O) groups is 1. The van der Waals surface area contributed by atoms with E-state index in [-0.39, 0.29) is 23.9 Å². The van der Waals surface area contributed by atoms with Crippen LogP contribution in [0.5, 0.6) is 0 Å². The lowest BCUT2D eigenvalue weighted by Crippen LogP contribution is -2.38. The minimum Gasteiger partial charge on any atom is -0.339 e. The third kappa shape index (κ3) is 3.83. The molecule has 0 unspecified atom stereocenters. The van der Waals surface area contributed by atoms with Gasteiger partial charge in [0.05, 0.1) is 5.56 Å². The van der Waals surface area contributed by atoms with Crippen molar-refractivity contribution in [3.8, 4) is 0 Å². The van der Waals surface area contributed by atoms with Crippen LogP contribution < -0.4 is 5.32 Å². The topological polar surface area (TPSA) is 32.3 Å². The highest BCUT2D eigenvalue weighted by Crippen LogP contribution is 2.39. The molecular formula is C17H23ClF2N2O. The van der Waals surface area contributed by atoms with Crippen molar-refractivity contribution in [2.24, 2.45) is 5.41 Å². The van der Waals surface area contributed by atoms with Gasteiger partial charge in [0.25, 0.3) is 5.91 Å². The van der Waals surface area contributed by atoms with Crippen LogP contribution in [0.2, 0.25) is 0 Å². The maximum absolute atomic E-state index is 13.8. The smallest absolute Gasteiger partial charge is 0.256 e. The van der Waals surface area contributed by atoms with Crippen LogP contribution in [0.25, 0.3) is 0 Å². The van der Waals surface area contributed by atoms with Gasteiger partial charge in [0.2, 0.25) is 0 Å². The van der Waals surface area contributed by atoms with Crippen LogP contribution in [0.3, 0.4) is 0 Å². The first-order valence-corrected chi connectivity index (χ1v) is 8.05. The van der Waals surface area contributed by atoms with Crippen molar-refractivity contribution in [3.63, 3.8) is 0 Å². The molecule has 3 nitrogen and oxygen atoms in total. The second-order valence-electron chi connectivity index (χ2n) is 6.50. The number of rotatable bonds is 1. The first-order valence-electron chi connectivity index (χ1n) is 8.05. The van der Waals surface area contributed by atoms with Gasteiger partial charge in [0.1, 0.15) is 0 Å². The molecule has 1 N–H and O–H groups in total. The molecule has 6 heteroatoms. The van der Waals surface area contributed by atoms with E-state index < -0.39 is 11.6 Å². The van der Waals surface area contributed by atoms with E-state index in [1.54, 1.807) is 4.90 Å². The predicted octanol–water partition coefficient (Wildman–Crippen LogP) is 3.38. The van der Waals surface area contributed by atoms with Gasteiger partial charge in [0, 0.05) is 13.1 Å². The van der Waals surface area contributed by atoms with E-state index in [4.69, 9.17) is 0 Å². The molecule has 128 valence electrons. The van der Waals surface area contributed by atoms with Crippen LogP contribution in [0.1, 0.15) is 42.5 Å². The van der Waals surface area contributed by atoms with Gasteiger partial charge in [-0.05, 0) is 62.7 Å². The Kier molecular flexibility index (Phi) is 5.98. The Labute approximate surface area is 141 Å². The van der Waals surface area contributed by atoms with E-state index in [0.717, 1.165) is 51.3 Å². The molecule has 2 saturated heterocycles. The predicted molar refractivity (Wildman–Crippen MR) is 87.9 cm³/mol. The van der Waals surface area contributed by atoms with Crippen LogP contribution in [0.4, 0.5) is 8.78 Å². The molecule has 3 rings (SSSR count). The fraction of sp³-hybridized carbons (Fsp3) is 0.588. The fourth-order valence-electron chi connectivity index (χ4n) is 3.75. The van der Waals surface area contributed by atoms with Crippen molar-refractivity contribution in [2.45, 2.75) is 32.1 Å². The normalized spacial score (nSPS) is 20.7. The van der Waals surface area contributed by atoms with Crippen LogP contribution in [0.15, 0.2) is 18.2 Å². The Bertz CT molecular complexity index is 562. The van der Waals surface area contributed by atoms with Crippen LogP contribution in [0, 0.1) is 17.0 Å². The van der Waals surface area contributed by atoms with Gasteiger partial charge >= 0.3 is 0 Å². The minimum absolute atomic E-state index is 0. The highest BCUT2D eigenvalue weighted by atomic mass is 35.5. The molecule has 0 bridgehead atoms. The summed E-state index contributed by atoms with van der Waals surface area (Å²) >= 11 is 0. The van der Waals surface area contributed by atoms with Gasteiger partial charge < -0.3 is 10.2 Å². The van der Waals surface area contributed by atoms with Gasteiger partial charge in [0.15, 0.2) is 11.6 Å². The number of amides is 1. The zero-order chi connectivity index (χ0) is 15.6. The van der Waals surface area contributed by atoms with Crippen LogP contribution in [-0.2, 0) is 0 Å². The summed E-state index contributed by atoms with van der Waals surface area (Å²) in [4.78, 5) is 14.2. The molecule has 2 fully saturated rings. The Morgan fingerprint density at radius 1 is 1.09 bits per heavy atom. The first kappa shape index (κ1) is 18.1. The van der Waals surface area contributed by atoms with Gasteiger partial charge in [-0.25, -0.2) is 8.78 Å². The standard InChI is InChI=1S/C17H22F2N2O.ClH/c18-14-4-1-3-13(15(14)19)16(22)21-11-2-5-17(8-12-21)6-9-20-10-7-17;/h1,3-4,20H,2,5-12H2;1H. The molecule has 23 heavy (non-hydrogen) atoms. The number of piperidine rings is 1. The number of carbonyl (C=O) groups excluding carboxylic acids is 1. The van der Waals surface area contributed by atoms with E-state index in [1.165, 1.54) is 12.1 Å². The summed E-state index contributed by atoms with van der Waals surface area (Å²) in [5.41, 5.74) is 0.169. The summed E-state index contributed by atoms with van der Waals surface area (Å²) in [6.07, 6.45) is 5.29. The van der Waals surface area contributed by atoms with Crippen molar-refractivity contribution in [1.29, 1.82) is 0 Å². The summed E-state index contributed by atoms with van der Waals surface area (Å²) in [6, 6.07) is 3.79. The second kappa shape index (κ2) is 7.58. The molecule has 1 spiro atoms. The molecule has 0 aromatic heterocycles. The zero-order valence-electron chi connectivity index (χ0n) is 13.1. The zero-order valence-corrected chi connectivity index (χ0v) is 13.9. The monoisotopic (exact) mass is 344 g/mol. The average molecular weight is 345 g/mol. The molecule has 2 heterocycles. The summed E-state index contributed by atoms with van der Waals surface area (Å²) in [7, 11) is 0. The van der Waals surface area contributed by atoms with E-state index in [1.807, 2.05) is 0 Å². The van der Waals surface area contributed by atoms with E-state index in [0.29, 0.717) is 18.5 Å². The lowest BCUT2D eigenvalue weighted by molar-refractivity contribution is 0.0745. The number of benzene rings is 1. The highest BCUT2D eigenvalue weighted by molar-refractivity contribution is 5.94. The number of hydrogen-bond donors (Lipinski definition) is 1. The van der Waals surface area contributed by atoms with Crippen molar-refractivity contribution >= 4 is 18.3 Å². The largest absolute Gasteiger partial charge is 0.339 e. The molecule has 2 aliphatic rings. The van der Waals surface area contributed by atoms with Crippen LogP contribution >= 0.6 is 12.4 Å². The highest BCUT2D eigenvalue weighted by Gasteiger charge is 2.35. The molecule has 0 saturated carbocycles. The maximum atomic E-state index is 13.8. The maximum Gasteiger partial charge on any atom is 0.256 e. The van der Waals surface area contributed by atoms with E-state index in [9.17, 15) is 13.6 Å². The fourth-order valence-corrected chi connectivity index (χ4v) is 3.75. The van der Waals surface area contributed by atoms with E-state index >= 15 is 0 Å². The second-order valence-corrected chi connectivity index (χ2v) is 6.50. The number of nitrogens with one attached hydrogen (secondary N) is 1. The Morgan fingerprint density at radius 2 is 1.83 bits per heavy atom. The van der Waals surface area contributed by atoms with Crippen molar-refractivity contribution < 1.29 is 13.6 Å². The number of halogens is 3. The molecule has 0 atom stereocenters. The number of nitrogens with zero attached hydrogens (tertiary/aromatic N) is 1. The molecular weight excluding hydrogens is 322 g/mol. The third-order valence-corrected chi connectivity index (χ3v) is 5.18. The van der Waals surface area contributed by atoms with E-state index in [2.05, 4.69) is 5.32 Å². The Hall–Kier alpha value is -1.20. The molecule has 1 aromatic carbocycles. The number of likely N-dealkylation sites (tertiary alicyclic amines) is 1. The van der Waals surface area contributed by atoms with Gasteiger partial charge in [-0.3, -0.25) is 4.79 Å². The molecule has 1 aromatic rings. The SMILES string of the molecule is Cl.O=C(c1cccc(F)c1F)N1CCCC2(CCNCC2)CC1. The van der Waals surface area contributed by atoms with Gasteiger partial charge in [-0.1, -0.05) is 6.07 Å². The lowest BCUT2D eigenvalue weighted by atomic mass is 9.73. The van der Waals surface area contributed by atoms with Crippen molar-refractivity contribution in [1.82, 2.24) is 10.2 Å². The lowest BCUT2D eigenvalue weighted by Gasteiger charge is -2.37. The van der Waals surface area contributed by atoms with Gasteiger partial charge in [-0.15, -0.1) is 12.4 Å². The minimum atomic E-state index is -1.03. The molecule has 0 aliphatic carbocycles. The summed E-state index contributed by atoms with van der Waals surface area (Å²) < 4.78 is 27.1. The Balaban J connectivity index is 0.00000192. The van der Waals surface area contributed by atoms with Gasteiger partial charge in [-0.2, -0.15) is 0 Å². The summed E-state index contributed by atoms with van der Waals surface area (Å²) in [5, 5.41) is 3.38. The Morgan fingerprint density at radius 3 is 2.57 bits per heavy atom. The summed E-state index contributed by atoms with van der Waals surface area (Å²) in [5.74, 6) is -2.38. The molecule has 0 radical (unpaired) electrons. The van der Waals surface area contributed by atoms with Crippen LogP contribution in [-0.4, -0.2) is 37.0 Å². The third-order valence-electron chi connectivity index (χ3n) is 5.18. The molecule has 1 amide bonds. The molecule has 2 aliphatic heterocycles. The summed E-state index contributed by atoms with van der Waals surface area (Å²) in [6.45, 7) is 3.33. The average Bonchev–Trinajstić information content (AvgIpc) is 2.73. The quantitative estimate of drug-likeness (QED) is 0.847. The first-order chi connectivity index (χ1) is 10.6. The number of hydrogen-bond acceptors (Lipinski definition) is 2. The van der Waals surface area contributed by atoms with Crippen molar-refractivity contribution in [3.05, 3.63) is 35.4 Å². The van der Waals surface area contributed by atoms with Crippen molar-refractivity contribution in [2.75, 3.05) is 26.2 Å².